The normalized spacial score (nSPS) is 15.1. The van der Waals surface area contributed by atoms with Crippen LogP contribution in [0.4, 0.5) is 5.69 Å². The maximum absolute atomic E-state index is 12.7. The van der Waals surface area contributed by atoms with E-state index in [1.54, 1.807) is 24.3 Å². The predicted octanol–water partition coefficient (Wildman–Crippen LogP) is 3.01. The van der Waals surface area contributed by atoms with Gasteiger partial charge in [-0.25, -0.2) is 0 Å². The van der Waals surface area contributed by atoms with Crippen LogP contribution in [0.1, 0.15) is 41.5 Å². The lowest BCUT2D eigenvalue weighted by molar-refractivity contribution is -0.114. The van der Waals surface area contributed by atoms with Gasteiger partial charge in [-0.05, 0) is 62.9 Å². The summed E-state index contributed by atoms with van der Waals surface area (Å²) in [6.45, 7) is 8.04. The molecule has 0 spiro atoms. The molecule has 2 amide bonds. The van der Waals surface area contributed by atoms with Crippen LogP contribution >= 0.6 is 0 Å². The molecule has 0 atom stereocenters. The van der Waals surface area contributed by atoms with Crippen LogP contribution in [-0.2, 0) is 11.3 Å². The highest BCUT2D eigenvalue weighted by molar-refractivity contribution is 5.95. The van der Waals surface area contributed by atoms with Gasteiger partial charge in [0.2, 0.25) is 5.91 Å². The lowest BCUT2D eigenvalue weighted by Gasteiger charge is -2.32. The Hall–Kier alpha value is -2.63. The fourth-order valence-corrected chi connectivity index (χ4v) is 3.50. The van der Waals surface area contributed by atoms with Gasteiger partial charge in [-0.2, -0.15) is 5.10 Å². The number of nitrogens with one attached hydrogen (secondary N) is 1. The molecule has 0 unspecified atom stereocenters. The Morgan fingerprint density at radius 3 is 2.35 bits per heavy atom. The third-order valence-electron chi connectivity index (χ3n) is 4.89. The maximum Gasteiger partial charge on any atom is 0.253 e. The Labute approximate surface area is 154 Å². The molecular weight excluding hydrogens is 328 g/mol. The molecule has 3 rings (SSSR count). The topological polar surface area (TPSA) is 67.2 Å². The summed E-state index contributed by atoms with van der Waals surface area (Å²) in [6, 6.07) is 9.18. The van der Waals surface area contributed by atoms with E-state index < -0.39 is 0 Å². The lowest BCUT2D eigenvalue weighted by atomic mass is 9.96. The first-order valence-corrected chi connectivity index (χ1v) is 9.10. The first-order valence-electron chi connectivity index (χ1n) is 9.10. The number of nitrogens with zero attached hydrogens (tertiary/aromatic N) is 3. The van der Waals surface area contributed by atoms with Gasteiger partial charge in [-0.1, -0.05) is 0 Å². The molecule has 0 radical (unpaired) electrons. The van der Waals surface area contributed by atoms with Crippen molar-refractivity contribution in [2.45, 2.75) is 40.2 Å². The van der Waals surface area contributed by atoms with Crippen LogP contribution in [0.25, 0.3) is 0 Å². The molecule has 1 fully saturated rings. The van der Waals surface area contributed by atoms with Crippen molar-refractivity contribution in [1.82, 2.24) is 14.7 Å². The van der Waals surface area contributed by atoms with Crippen molar-refractivity contribution in [3.05, 3.63) is 47.3 Å². The molecule has 138 valence electrons. The number of carbonyl (C=O) groups excluding carboxylic acids is 2. The van der Waals surface area contributed by atoms with Crippen LogP contribution in [0.3, 0.4) is 0 Å². The smallest absolute Gasteiger partial charge is 0.253 e. The van der Waals surface area contributed by atoms with Crippen molar-refractivity contribution in [2.24, 2.45) is 5.92 Å². The summed E-state index contributed by atoms with van der Waals surface area (Å²) >= 11 is 0. The van der Waals surface area contributed by atoms with Gasteiger partial charge in [0, 0.05) is 43.5 Å². The molecule has 1 aliphatic heterocycles. The van der Waals surface area contributed by atoms with Crippen LogP contribution in [-0.4, -0.2) is 39.6 Å². The molecule has 1 aromatic heterocycles. The van der Waals surface area contributed by atoms with E-state index in [0.29, 0.717) is 17.2 Å². The summed E-state index contributed by atoms with van der Waals surface area (Å²) < 4.78 is 2.08. The Bertz CT molecular complexity index is 787. The number of hydrogen-bond acceptors (Lipinski definition) is 3. The molecule has 1 aliphatic rings. The van der Waals surface area contributed by atoms with Crippen molar-refractivity contribution < 1.29 is 9.59 Å². The molecule has 1 saturated heterocycles. The molecule has 2 aromatic rings. The maximum atomic E-state index is 12.7. The monoisotopic (exact) mass is 354 g/mol. The van der Waals surface area contributed by atoms with E-state index in [2.05, 4.69) is 28.1 Å². The summed E-state index contributed by atoms with van der Waals surface area (Å²) in [6.07, 6.45) is 1.99. The van der Waals surface area contributed by atoms with Crippen molar-refractivity contribution in [2.75, 3.05) is 18.4 Å². The highest BCUT2D eigenvalue weighted by Gasteiger charge is 2.24. The van der Waals surface area contributed by atoms with E-state index in [0.717, 1.165) is 38.2 Å². The molecule has 6 nitrogen and oxygen atoms in total. The Morgan fingerprint density at radius 2 is 1.81 bits per heavy atom. The molecule has 6 heteroatoms. The highest BCUT2D eigenvalue weighted by Crippen LogP contribution is 2.22. The molecule has 0 bridgehead atoms. The summed E-state index contributed by atoms with van der Waals surface area (Å²) in [5.74, 6) is 0.497. The van der Waals surface area contributed by atoms with Gasteiger partial charge in [0.15, 0.2) is 0 Å². The quantitative estimate of drug-likeness (QED) is 0.918. The Morgan fingerprint density at radius 1 is 1.15 bits per heavy atom. The molecule has 0 aliphatic carbocycles. The lowest BCUT2D eigenvalue weighted by Crippen LogP contribution is -2.39. The average molecular weight is 354 g/mol. The number of aromatic nitrogens is 2. The van der Waals surface area contributed by atoms with Crippen molar-refractivity contribution in [1.29, 1.82) is 0 Å². The zero-order chi connectivity index (χ0) is 18.7. The third-order valence-corrected chi connectivity index (χ3v) is 4.89. The minimum atomic E-state index is -0.117. The van der Waals surface area contributed by atoms with Gasteiger partial charge >= 0.3 is 0 Å². The van der Waals surface area contributed by atoms with Crippen molar-refractivity contribution in [3.63, 3.8) is 0 Å². The molecular formula is C20H26N4O2. The van der Waals surface area contributed by atoms with Crippen LogP contribution in [0.15, 0.2) is 30.3 Å². The molecule has 1 N–H and O–H groups in total. The number of likely N-dealkylation sites (tertiary alicyclic amines) is 1. The van der Waals surface area contributed by atoms with Gasteiger partial charge < -0.3 is 10.2 Å². The number of anilines is 1. The number of rotatable bonds is 4. The van der Waals surface area contributed by atoms with Crippen LogP contribution in [0, 0.1) is 19.8 Å². The Balaban J connectivity index is 1.54. The highest BCUT2D eigenvalue weighted by atomic mass is 16.2. The fraction of sp³-hybridized carbons (Fsp3) is 0.450. The van der Waals surface area contributed by atoms with Crippen molar-refractivity contribution in [3.8, 4) is 0 Å². The van der Waals surface area contributed by atoms with Gasteiger partial charge in [-0.15, -0.1) is 0 Å². The van der Waals surface area contributed by atoms with Crippen LogP contribution in [0.5, 0.6) is 0 Å². The number of benzene rings is 1. The SMILES string of the molecule is CC(=O)Nc1ccc(C(=O)N2CCC(Cn3nc(C)cc3C)CC2)cc1. The zero-order valence-electron chi connectivity index (χ0n) is 15.7. The van der Waals surface area contributed by atoms with Crippen LogP contribution < -0.4 is 5.32 Å². The standard InChI is InChI=1S/C20H26N4O2/c1-14-12-15(2)24(22-14)13-17-8-10-23(11-9-17)20(26)18-4-6-19(7-5-18)21-16(3)25/h4-7,12,17H,8-11,13H2,1-3H3,(H,21,25). The van der Waals surface area contributed by atoms with E-state index in [1.807, 2.05) is 11.8 Å². The second-order valence-electron chi connectivity index (χ2n) is 7.10. The minimum absolute atomic E-state index is 0.0592. The summed E-state index contributed by atoms with van der Waals surface area (Å²) in [5, 5.41) is 7.25. The summed E-state index contributed by atoms with van der Waals surface area (Å²) in [5.41, 5.74) is 3.62. The fourth-order valence-electron chi connectivity index (χ4n) is 3.50. The Kier molecular flexibility index (Phi) is 5.40. The van der Waals surface area contributed by atoms with E-state index in [9.17, 15) is 9.59 Å². The first kappa shape index (κ1) is 18.2. The number of hydrogen-bond donors (Lipinski definition) is 1. The largest absolute Gasteiger partial charge is 0.339 e. The average Bonchev–Trinajstić information content (AvgIpc) is 2.92. The number of amides is 2. The second-order valence-corrected chi connectivity index (χ2v) is 7.10. The second kappa shape index (κ2) is 7.72. The van der Waals surface area contributed by atoms with Crippen LogP contribution in [0.2, 0.25) is 0 Å². The molecule has 26 heavy (non-hydrogen) atoms. The van der Waals surface area contributed by atoms with Gasteiger partial charge in [0.1, 0.15) is 0 Å². The van der Waals surface area contributed by atoms with E-state index in [1.165, 1.54) is 12.6 Å². The summed E-state index contributed by atoms with van der Waals surface area (Å²) in [4.78, 5) is 25.7. The summed E-state index contributed by atoms with van der Waals surface area (Å²) in [7, 11) is 0. The predicted molar refractivity (Wildman–Crippen MR) is 101 cm³/mol. The van der Waals surface area contributed by atoms with E-state index in [4.69, 9.17) is 0 Å². The van der Waals surface area contributed by atoms with Gasteiger partial charge in [0.05, 0.1) is 5.69 Å². The zero-order valence-corrected chi connectivity index (χ0v) is 15.7. The number of piperidine rings is 1. The first-order chi connectivity index (χ1) is 12.4. The number of aryl methyl sites for hydroxylation is 2. The van der Waals surface area contributed by atoms with Crippen molar-refractivity contribution >= 4 is 17.5 Å². The van der Waals surface area contributed by atoms with Gasteiger partial charge in [-0.3, -0.25) is 14.3 Å². The van der Waals surface area contributed by atoms with E-state index in [-0.39, 0.29) is 11.8 Å². The van der Waals surface area contributed by atoms with Gasteiger partial charge in [0.25, 0.3) is 5.91 Å². The van der Waals surface area contributed by atoms with E-state index >= 15 is 0 Å². The molecule has 0 saturated carbocycles. The minimum Gasteiger partial charge on any atom is -0.339 e. The third kappa shape index (κ3) is 4.31. The molecule has 2 heterocycles. The number of carbonyl (C=O) groups is 2. The molecule has 1 aromatic carbocycles.